The number of rotatable bonds is 14. The summed E-state index contributed by atoms with van der Waals surface area (Å²) in [5, 5.41) is 3.94. The average molecular weight is 475 g/mol. The fraction of sp³-hybridized carbons (Fsp3) is 0.591. The lowest BCUT2D eigenvalue weighted by Crippen LogP contribution is -2.05. The topological polar surface area (TPSA) is 40.0 Å². The summed E-state index contributed by atoms with van der Waals surface area (Å²) in [6.45, 7) is 9.99. The van der Waals surface area contributed by atoms with E-state index in [-0.39, 0.29) is 0 Å². The Labute approximate surface area is 183 Å². The predicted molar refractivity (Wildman–Crippen MR) is 122 cm³/mol. The van der Waals surface area contributed by atoms with Crippen molar-refractivity contribution in [2.45, 2.75) is 66.2 Å². The van der Waals surface area contributed by atoms with E-state index in [2.05, 4.69) is 47.1 Å². The first-order chi connectivity index (χ1) is 13.5. The molecule has 0 unspecified atom stereocenters. The summed E-state index contributed by atoms with van der Waals surface area (Å²) < 4.78 is 12.5. The zero-order valence-electron chi connectivity index (χ0n) is 17.5. The lowest BCUT2D eigenvalue weighted by molar-refractivity contribution is 0.139. The standard InChI is InChI=1S/C22H33BrClNO3/c1-5-18-15-20(26-14-11-21(23)24)16-19(6-2)22(18)27-12-9-7-8-10-13-28-25-17(3)4/h11,15-16H,5-10,12-14H2,1-4H3/b21-11-. The van der Waals surface area contributed by atoms with Gasteiger partial charge in [-0.2, -0.15) is 0 Å². The van der Waals surface area contributed by atoms with E-state index in [1.165, 1.54) is 11.1 Å². The molecule has 0 atom stereocenters. The lowest BCUT2D eigenvalue weighted by atomic mass is 10.0. The zero-order chi connectivity index (χ0) is 20.8. The molecule has 0 fully saturated rings. The van der Waals surface area contributed by atoms with Crippen molar-refractivity contribution in [3.05, 3.63) is 33.3 Å². The summed E-state index contributed by atoms with van der Waals surface area (Å²) in [5.74, 6) is 1.87. The van der Waals surface area contributed by atoms with E-state index in [9.17, 15) is 0 Å². The van der Waals surface area contributed by atoms with Crippen molar-refractivity contribution in [3.8, 4) is 11.5 Å². The van der Waals surface area contributed by atoms with Gasteiger partial charge in [-0.05, 0) is 97.6 Å². The van der Waals surface area contributed by atoms with Crippen LogP contribution in [0.25, 0.3) is 0 Å². The number of ether oxygens (including phenoxy) is 2. The number of halogens is 2. The van der Waals surface area contributed by atoms with Crippen LogP contribution >= 0.6 is 27.5 Å². The van der Waals surface area contributed by atoms with Gasteiger partial charge < -0.3 is 14.3 Å². The SMILES string of the molecule is CCc1cc(OC/C=C(\Cl)Br)cc(CC)c1OCCCCCCON=C(C)C. The smallest absolute Gasteiger partial charge is 0.125 e. The molecule has 4 nitrogen and oxygen atoms in total. The molecule has 1 aromatic rings. The molecule has 0 aliphatic heterocycles. The van der Waals surface area contributed by atoms with Crippen molar-refractivity contribution in [1.82, 2.24) is 0 Å². The first-order valence-corrected chi connectivity index (χ1v) is 11.2. The minimum Gasteiger partial charge on any atom is -0.493 e. The number of unbranched alkanes of at least 4 members (excludes halogenated alkanes) is 3. The highest BCUT2D eigenvalue weighted by atomic mass is 79.9. The Balaban J connectivity index is 2.48. The maximum Gasteiger partial charge on any atom is 0.125 e. The molecule has 28 heavy (non-hydrogen) atoms. The second-order valence-corrected chi connectivity index (χ2v) is 8.44. The van der Waals surface area contributed by atoms with Crippen LogP contribution in [0.1, 0.15) is 64.5 Å². The van der Waals surface area contributed by atoms with Crippen molar-refractivity contribution in [3.63, 3.8) is 0 Å². The van der Waals surface area contributed by atoms with Gasteiger partial charge in [-0.15, -0.1) is 0 Å². The molecule has 0 aromatic heterocycles. The third-order valence-electron chi connectivity index (χ3n) is 4.09. The average Bonchev–Trinajstić information content (AvgIpc) is 2.66. The summed E-state index contributed by atoms with van der Waals surface area (Å²) in [6, 6.07) is 4.14. The quantitative estimate of drug-likeness (QED) is 0.165. The monoisotopic (exact) mass is 473 g/mol. The van der Waals surface area contributed by atoms with E-state index in [4.69, 9.17) is 25.9 Å². The molecule has 6 heteroatoms. The largest absolute Gasteiger partial charge is 0.493 e. The van der Waals surface area contributed by atoms with Crippen molar-refractivity contribution >= 4 is 33.2 Å². The van der Waals surface area contributed by atoms with Crippen LogP contribution in [0.15, 0.2) is 27.3 Å². The minimum atomic E-state index is 0.434. The van der Waals surface area contributed by atoms with Crippen LogP contribution in [-0.2, 0) is 17.7 Å². The number of aryl methyl sites for hydroxylation is 2. The van der Waals surface area contributed by atoms with Crippen LogP contribution in [0.5, 0.6) is 11.5 Å². The Morgan fingerprint density at radius 1 is 1.00 bits per heavy atom. The Morgan fingerprint density at radius 3 is 2.14 bits per heavy atom. The highest BCUT2D eigenvalue weighted by Gasteiger charge is 2.11. The number of hydrogen-bond donors (Lipinski definition) is 0. The van der Waals surface area contributed by atoms with E-state index < -0.39 is 0 Å². The Morgan fingerprint density at radius 2 is 1.61 bits per heavy atom. The van der Waals surface area contributed by atoms with Crippen LogP contribution in [0.2, 0.25) is 0 Å². The van der Waals surface area contributed by atoms with Crippen molar-refractivity contribution in [2.75, 3.05) is 19.8 Å². The molecule has 0 amide bonds. The maximum absolute atomic E-state index is 6.16. The molecule has 0 radical (unpaired) electrons. The van der Waals surface area contributed by atoms with E-state index in [0.29, 0.717) is 17.2 Å². The highest BCUT2D eigenvalue weighted by molar-refractivity contribution is 9.12. The second kappa shape index (κ2) is 14.7. The van der Waals surface area contributed by atoms with Gasteiger partial charge in [0.15, 0.2) is 0 Å². The molecule has 0 aliphatic rings. The van der Waals surface area contributed by atoms with Crippen molar-refractivity contribution in [1.29, 1.82) is 0 Å². The number of nitrogens with zero attached hydrogens (tertiary/aromatic N) is 1. The molecule has 1 aromatic carbocycles. The third kappa shape index (κ3) is 10.4. The predicted octanol–water partition coefficient (Wildman–Crippen LogP) is 7.02. The molecular formula is C22H33BrClNO3. The number of oxime groups is 1. The molecule has 0 aliphatic carbocycles. The fourth-order valence-electron chi connectivity index (χ4n) is 2.69. The first-order valence-electron chi connectivity index (χ1n) is 10.0. The van der Waals surface area contributed by atoms with Crippen molar-refractivity contribution < 1.29 is 14.3 Å². The van der Waals surface area contributed by atoms with E-state index in [1.807, 2.05) is 13.8 Å². The van der Waals surface area contributed by atoms with Gasteiger partial charge in [0.1, 0.15) is 24.7 Å². The number of hydrogen-bond acceptors (Lipinski definition) is 4. The van der Waals surface area contributed by atoms with Crippen LogP contribution in [0, 0.1) is 0 Å². The molecule has 0 N–H and O–H groups in total. The second-order valence-electron chi connectivity index (χ2n) is 6.72. The Bertz CT molecular complexity index is 614. The third-order valence-corrected chi connectivity index (χ3v) is 4.57. The molecule has 0 bridgehead atoms. The summed E-state index contributed by atoms with van der Waals surface area (Å²) >= 11 is 8.98. The molecule has 158 valence electrons. The van der Waals surface area contributed by atoms with Gasteiger partial charge in [0.2, 0.25) is 0 Å². The first kappa shape index (κ1) is 24.8. The Hall–Kier alpha value is -1.20. The van der Waals surface area contributed by atoms with E-state index in [0.717, 1.165) is 62.3 Å². The van der Waals surface area contributed by atoms with Crippen molar-refractivity contribution in [2.24, 2.45) is 5.16 Å². The number of benzene rings is 1. The summed E-state index contributed by atoms with van der Waals surface area (Å²) in [5.41, 5.74) is 3.32. The Kier molecular flexibility index (Phi) is 13.1. The van der Waals surface area contributed by atoms with Gasteiger partial charge in [-0.3, -0.25) is 0 Å². The molecule has 0 heterocycles. The highest BCUT2D eigenvalue weighted by Crippen LogP contribution is 2.31. The van der Waals surface area contributed by atoms with Crippen LogP contribution in [-0.4, -0.2) is 25.5 Å². The van der Waals surface area contributed by atoms with Crippen LogP contribution in [0.3, 0.4) is 0 Å². The molecule has 0 saturated carbocycles. The maximum atomic E-state index is 6.16. The van der Waals surface area contributed by atoms with Gasteiger partial charge in [-0.1, -0.05) is 30.6 Å². The van der Waals surface area contributed by atoms with E-state index >= 15 is 0 Å². The van der Waals surface area contributed by atoms with Gasteiger partial charge in [-0.25, -0.2) is 0 Å². The fourth-order valence-corrected chi connectivity index (χ4v) is 2.88. The van der Waals surface area contributed by atoms with E-state index in [1.54, 1.807) is 6.08 Å². The minimum absolute atomic E-state index is 0.434. The molecular weight excluding hydrogens is 442 g/mol. The summed E-state index contributed by atoms with van der Waals surface area (Å²) in [4.78, 5) is 5.22. The molecule has 0 spiro atoms. The molecule has 0 saturated heterocycles. The van der Waals surface area contributed by atoms with Gasteiger partial charge >= 0.3 is 0 Å². The zero-order valence-corrected chi connectivity index (χ0v) is 19.9. The summed E-state index contributed by atoms with van der Waals surface area (Å²) in [6.07, 6.45) is 7.91. The van der Waals surface area contributed by atoms with Gasteiger partial charge in [0, 0.05) is 0 Å². The van der Waals surface area contributed by atoms with Gasteiger partial charge in [0.05, 0.1) is 16.3 Å². The van der Waals surface area contributed by atoms with Crippen LogP contribution in [0.4, 0.5) is 0 Å². The summed E-state index contributed by atoms with van der Waals surface area (Å²) in [7, 11) is 0. The lowest BCUT2D eigenvalue weighted by Gasteiger charge is -2.17. The van der Waals surface area contributed by atoms with Crippen LogP contribution < -0.4 is 9.47 Å². The normalized spacial score (nSPS) is 11.3. The van der Waals surface area contributed by atoms with Gasteiger partial charge in [0.25, 0.3) is 0 Å². The molecule has 1 rings (SSSR count).